The highest BCUT2D eigenvalue weighted by Gasteiger charge is 2.15. The average Bonchev–Trinajstić information content (AvgIpc) is 2.41. The van der Waals surface area contributed by atoms with Crippen LogP contribution in [-0.2, 0) is 11.3 Å². The van der Waals surface area contributed by atoms with Crippen LogP contribution >= 0.6 is 34.8 Å². The molecule has 0 atom stereocenters. The Bertz CT molecular complexity index is 597. The quantitative estimate of drug-likeness (QED) is 0.588. The summed E-state index contributed by atoms with van der Waals surface area (Å²) in [4.78, 5) is 11.9. The predicted octanol–water partition coefficient (Wildman–Crippen LogP) is 5.00. The van der Waals surface area contributed by atoms with Gasteiger partial charge in [0.1, 0.15) is 6.61 Å². The standard InChI is InChI=1S/C14H9Cl3O2/c15-10-6-11(13(17)12(16)7-10)14(18)19-8-9-4-2-1-3-5-9/h1-7H,8H2. The molecular formula is C14H9Cl3O2. The van der Waals surface area contributed by atoms with Crippen molar-refractivity contribution in [2.45, 2.75) is 6.61 Å². The van der Waals surface area contributed by atoms with E-state index in [0.29, 0.717) is 5.02 Å². The van der Waals surface area contributed by atoms with Crippen LogP contribution in [0.15, 0.2) is 42.5 Å². The molecule has 0 aliphatic carbocycles. The summed E-state index contributed by atoms with van der Waals surface area (Å²) in [6.07, 6.45) is 0. The Labute approximate surface area is 125 Å². The average molecular weight is 316 g/mol. The summed E-state index contributed by atoms with van der Waals surface area (Å²) in [6, 6.07) is 12.2. The number of carbonyl (C=O) groups excluding carboxylic acids is 1. The van der Waals surface area contributed by atoms with E-state index >= 15 is 0 Å². The molecule has 0 unspecified atom stereocenters. The monoisotopic (exact) mass is 314 g/mol. The van der Waals surface area contributed by atoms with E-state index in [4.69, 9.17) is 39.5 Å². The van der Waals surface area contributed by atoms with Crippen LogP contribution in [0.5, 0.6) is 0 Å². The number of esters is 1. The van der Waals surface area contributed by atoms with Gasteiger partial charge in [-0.15, -0.1) is 0 Å². The number of hydrogen-bond donors (Lipinski definition) is 0. The first-order chi connectivity index (χ1) is 9.08. The zero-order valence-corrected chi connectivity index (χ0v) is 12.0. The largest absolute Gasteiger partial charge is 0.457 e. The van der Waals surface area contributed by atoms with Gasteiger partial charge in [0.2, 0.25) is 0 Å². The van der Waals surface area contributed by atoms with E-state index in [0.717, 1.165) is 5.56 Å². The molecular weight excluding hydrogens is 307 g/mol. The maximum Gasteiger partial charge on any atom is 0.340 e. The predicted molar refractivity (Wildman–Crippen MR) is 77.0 cm³/mol. The van der Waals surface area contributed by atoms with Crippen LogP contribution < -0.4 is 0 Å². The van der Waals surface area contributed by atoms with Gasteiger partial charge in [-0.1, -0.05) is 65.1 Å². The number of hydrogen-bond acceptors (Lipinski definition) is 2. The number of carbonyl (C=O) groups is 1. The number of ether oxygens (including phenoxy) is 1. The molecule has 5 heteroatoms. The molecule has 98 valence electrons. The summed E-state index contributed by atoms with van der Waals surface area (Å²) in [7, 11) is 0. The van der Waals surface area contributed by atoms with Gasteiger partial charge in [-0.3, -0.25) is 0 Å². The highest BCUT2D eigenvalue weighted by molar-refractivity contribution is 6.45. The summed E-state index contributed by atoms with van der Waals surface area (Å²) in [6.45, 7) is 0.167. The van der Waals surface area contributed by atoms with Crippen molar-refractivity contribution in [3.05, 3.63) is 68.7 Å². The first-order valence-electron chi connectivity index (χ1n) is 5.43. The molecule has 0 amide bonds. The zero-order chi connectivity index (χ0) is 13.8. The Hall–Kier alpha value is -1.22. The van der Waals surface area contributed by atoms with Gasteiger partial charge < -0.3 is 4.74 Å². The van der Waals surface area contributed by atoms with Gasteiger partial charge in [0.15, 0.2) is 0 Å². The van der Waals surface area contributed by atoms with E-state index < -0.39 is 5.97 Å². The lowest BCUT2D eigenvalue weighted by atomic mass is 10.2. The molecule has 0 fully saturated rings. The van der Waals surface area contributed by atoms with E-state index in [9.17, 15) is 4.79 Å². The number of rotatable bonds is 3. The molecule has 0 radical (unpaired) electrons. The van der Waals surface area contributed by atoms with E-state index in [1.807, 2.05) is 30.3 Å². The molecule has 0 aliphatic rings. The molecule has 2 aromatic carbocycles. The van der Waals surface area contributed by atoms with Crippen molar-refractivity contribution in [2.24, 2.45) is 0 Å². The Morgan fingerprint density at radius 3 is 2.42 bits per heavy atom. The van der Waals surface area contributed by atoms with Crippen molar-refractivity contribution in [2.75, 3.05) is 0 Å². The maximum absolute atomic E-state index is 11.9. The second-order valence-electron chi connectivity index (χ2n) is 3.81. The second kappa shape index (κ2) is 6.29. The third-order valence-corrected chi connectivity index (χ3v) is 3.45. The highest BCUT2D eigenvalue weighted by atomic mass is 35.5. The second-order valence-corrected chi connectivity index (χ2v) is 5.03. The lowest BCUT2D eigenvalue weighted by Gasteiger charge is -2.08. The fraction of sp³-hybridized carbons (Fsp3) is 0.0714. The molecule has 2 aromatic rings. The Morgan fingerprint density at radius 2 is 1.74 bits per heavy atom. The van der Waals surface area contributed by atoms with E-state index in [1.54, 1.807) is 0 Å². The van der Waals surface area contributed by atoms with Gasteiger partial charge in [-0.25, -0.2) is 4.79 Å². The third kappa shape index (κ3) is 3.63. The number of benzene rings is 2. The highest BCUT2D eigenvalue weighted by Crippen LogP contribution is 2.30. The first-order valence-corrected chi connectivity index (χ1v) is 6.57. The van der Waals surface area contributed by atoms with Crippen LogP contribution in [-0.4, -0.2) is 5.97 Å². The Morgan fingerprint density at radius 1 is 1.05 bits per heavy atom. The summed E-state index contributed by atoms with van der Waals surface area (Å²) < 4.78 is 5.16. The van der Waals surface area contributed by atoms with Crippen LogP contribution in [0.2, 0.25) is 15.1 Å². The fourth-order valence-corrected chi connectivity index (χ4v) is 2.19. The van der Waals surface area contributed by atoms with Crippen molar-refractivity contribution in [1.29, 1.82) is 0 Å². The van der Waals surface area contributed by atoms with Crippen LogP contribution in [0.4, 0.5) is 0 Å². The van der Waals surface area contributed by atoms with Crippen molar-refractivity contribution >= 4 is 40.8 Å². The van der Waals surface area contributed by atoms with Crippen molar-refractivity contribution in [3.63, 3.8) is 0 Å². The molecule has 0 saturated heterocycles. The fourth-order valence-electron chi connectivity index (χ4n) is 1.51. The topological polar surface area (TPSA) is 26.3 Å². The van der Waals surface area contributed by atoms with Crippen LogP contribution in [0, 0.1) is 0 Å². The molecule has 0 N–H and O–H groups in total. The molecule has 0 heterocycles. The lowest BCUT2D eigenvalue weighted by molar-refractivity contribution is 0.0473. The van der Waals surface area contributed by atoms with Crippen molar-refractivity contribution in [3.8, 4) is 0 Å². The maximum atomic E-state index is 11.9. The van der Waals surface area contributed by atoms with Gasteiger partial charge in [0, 0.05) is 5.02 Å². The zero-order valence-electron chi connectivity index (χ0n) is 9.70. The molecule has 0 spiro atoms. The molecule has 0 aromatic heterocycles. The van der Waals surface area contributed by atoms with Gasteiger partial charge in [-0.2, -0.15) is 0 Å². The molecule has 0 aliphatic heterocycles. The Kier molecular flexibility index (Phi) is 4.70. The molecule has 19 heavy (non-hydrogen) atoms. The summed E-state index contributed by atoms with van der Waals surface area (Å²) in [5, 5.41) is 0.700. The molecule has 0 bridgehead atoms. The van der Waals surface area contributed by atoms with E-state index in [1.165, 1.54) is 12.1 Å². The minimum Gasteiger partial charge on any atom is -0.457 e. The van der Waals surface area contributed by atoms with Gasteiger partial charge >= 0.3 is 5.97 Å². The summed E-state index contributed by atoms with van der Waals surface area (Å²) in [5.41, 5.74) is 1.05. The van der Waals surface area contributed by atoms with E-state index in [2.05, 4.69) is 0 Å². The van der Waals surface area contributed by atoms with Crippen molar-refractivity contribution < 1.29 is 9.53 Å². The minimum atomic E-state index is -0.557. The minimum absolute atomic E-state index is 0.143. The molecule has 0 saturated carbocycles. The third-order valence-electron chi connectivity index (χ3n) is 2.43. The van der Waals surface area contributed by atoms with Crippen LogP contribution in [0.25, 0.3) is 0 Å². The molecule has 2 rings (SSSR count). The summed E-state index contributed by atoms with van der Waals surface area (Å²) >= 11 is 17.6. The van der Waals surface area contributed by atoms with Gasteiger partial charge in [0.25, 0.3) is 0 Å². The van der Waals surface area contributed by atoms with E-state index in [-0.39, 0.29) is 22.2 Å². The van der Waals surface area contributed by atoms with Crippen LogP contribution in [0.1, 0.15) is 15.9 Å². The van der Waals surface area contributed by atoms with Crippen molar-refractivity contribution in [1.82, 2.24) is 0 Å². The normalized spacial score (nSPS) is 10.3. The SMILES string of the molecule is O=C(OCc1ccccc1)c1cc(Cl)cc(Cl)c1Cl. The van der Waals surface area contributed by atoms with Crippen LogP contribution in [0.3, 0.4) is 0 Å². The summed E-state index contributed by atoms with van der Waals surface area (Å²) in [5.74, 6) is -0.557. The first kappa shape index (κ1) is 14.2. The van der Waals surface area contributed by atoms with Gasteiger partial charge in [-0.05, 0) is 17.7 Å². The Balaban J connectivity index is 2.13. The number of halogens is 3. The van der Waals surface area contributed by atoms with Gasteiger partial charge in [0.05, 0.1) is 15.6 Å². The molecule has 2 nitrogen and oxygen atoms in total. The smallest absolute Gasteiger partial charge is 0.340 e. The lowest BCUT2D eigenvalue weighted by Crippen LogP contribution is -2.06.